The molecule has 1 aliphatic heterocycles. The van der Waals surface area contributed by atoms with Gasteiger partial charge in [0.2, 0.25) is 0 Å². The second-order valence-corrected chi connectivity index (χ2v) is 9.59. The number of ether oxygens (including phenoxy) is 1. The number of nitrogens with one attached hydrogen (secondary N) is 2. The molecule has 10 heteroatoms. The summed E-state index contributed by atoms with van der Waals surface area (Å²) in [5, 5.41) is 0. The third kappa shape index (κ3) is 3.37. The van der Waals surface area contributed by atoms with E-state index in [1.807, 2.05) is 0 Å². The first-order valence-corrected chi connectivity index (χ1v) is 10.6. The number of aromatic nitrogens is 2. The summed E-state index contributed by atoms with van der Waals surface area (Å²) in [5.74, 6) is 0.764. The van der Waals surface area contributed by atoms with Crippen molar-refractivity contribution in [3.8, 4) is 0 Å². The summed E-state index contributed by atoms with van der Waals surface area (Å²) in [5.41, 5.74) is 1.90. The van der Waals surface area contributed by atoms with Crippen molar-refractivity contribution in [1.29, 1.82) is 0 Å². The van der Waals surface area contributed by atoms with E-state index in [9.17, 15) is 8.42 Å². The van der Waals surface area contributed by atoms with Gasteiger partial charge < -0.3 is 9.72 Å². The van der Waals surface area contributed by atoms with E-state index in [1.165, 1.54) is 6.07 Å². The van der Waals surface area contributed by atoms with Crippen molar-refractivity contribution >= 4 is 61.3 Å². The zero-order valence-electron chi connectivity index (χ0n) is 12.8. The van der Waals surface area contributed by atoms with E-state index < -0.39 is 10.0 Å². The van der Waals surface area contributed by atoms with Crippen LogP contribution >= 0.6 is 34.5 Å². The van der Waals surface area contributed by atoms with Crippen LogP contribution in [0.3, 0.4) is 0 Å². The summed E-state index contributed by atoms with van der Waals surface area (Å²) in [6.45, 7) is 0.733. The highest BCUT2D eigenvalue weighted by Crippen LogP contribution is 2.35. The van der Waals surface area contributed by atoms with Gasteiger partial charge >= 0.3 is 0 Å². The minimum Gasteiger partial charge on any atom is -0.370 e. The third-order valence-corrected chi connectivity index (χ3v) is 7.04. The van der Waals surface area contributed by atoms with Gasteiger partial charge in [-0.1, -0.05) is 23.2 Å². The van der Waals surface area contributed by atoms with Crippen molar-refractivity contribution in [2.24, 2.45) is 0 Å². The number of rotatable bonds is 4. The number of hydrogen-bond acceptors (Lipinski definition) is 5. The van der Waals surface area contributed by atoms with Crippen molar-refractivity contribution in [1.82, 2.24) is 9.97 Å². The quantitative estimate of drug-likeness (QED) is 0.650. The maximum absolute atomic E-state index is 12.5. The first-order chi connectivity index (χ1) is 11.9. The molecule has 1 saturated heterocycles. The number of halogens is 2. The monoisotopic (exact) mass is 417 g/mol. The predicted octanol–water partition coefficient (Wildman–Crippen LogP) is 4.58. The molecule has 1 fully saturated rings. The molecule has 0 radical (unpaired) electrons. The van der Waals surface area contributed by atoms with Crippen LogP contribution in [-0.2, 0) is 14.8 Å². The number of nitrogens with zero attached hydrogens (tertiary/aromatic N) is 1. The van der Waals surface area contributed by atoms with E-state index in [0.717, 1.165) is 47.6 Å². The molecule has 0 saturated carbocycles. The lowest BCUT2D eigenvalue weighted by molar-refractivity contribution is 0.106. The van der Waals surface area contributed by atoms with Crippen LogP contribution in [0.5, 0.6) is 0 Å². The summed E-state index contributed by atoms with van der Waals surface area (Å²) < 4.78 is 33.6. The summed E-state index contributed by atoms with van der Waals surface area (Å²) in [6, 6.07) is 6.44. The number of fused-ring (bicyclic) bond motifs is 1. The molecule has 6 nitrogen and oxygen atoms in total. The Morgan fingerprint density at radius 1 is 1.32 bits per heavy atom. The van der Waals surface area contributed by atoms with Gasteiger partial charge in [-0.3, -0.25) is 4.72 Å². The molecule has 25 heavy (non-hydrogen) atoms. The second-order valence-electron chi connectivity index (χ2n) is 5.65. The molecule has 2 aromatic heterocycles. The Morgan fingerprint density at radius 3 is 2.84 bits per heavy atom. The molecule has 132 valence electrons. The molecule has 3 heterocycles. The molecule has 1 aromatic carbocycles. The maximum atomic E-state index is 12.5. The van der Waals surface area contributed by atoms with Crippen LogP contribution < -0.4 is 4.72 Å². The molecule has 2 N–H and O–H groups in total. The molecule has 3 aromatic rings. The molecule has 1 unspecified atom stereocenters. The number of aromatic amines is 1. The van der Waals surface area contributed by atoms with Crippen LogP contribution in [0, 0.1) is 0 Å². The Morgan fingerprint density at radius 2 is 2.16 bits per heavy atom. The number of sulfonamides is 1. The Hall–Kier alpha value is -1.32. The topological polar surface area (TPSA) is 84.1 Å². The van der Waals surface area contributed by atoms with Gasteiger partial charge in [-0.2, -0.15) is 0 Å². The van der Waals surface area contributed by atoms with E-state index in [4.69, 9.17) is 27.9 Å². The van der Waals surface area contributed by atoms with Crippen molar-refractivity contribution in [3.05, 3.63) is 38.8 Å². The lowest BCUT2D eigenvalue weighted by Crippen LogP contribution is -2.12. The van der Waals surface area contributed by atoms with Gasteiger partial charge in [0.05, 0.1) is 21.1 Å². The Balaban J connectivity index is 1.64. The first-order valence-electron chi connectivity index (χ1n) is 7.51. The second kappa shape index (κ2) is 6.44. The Bertz CT molecular complexity index is 1040. The summed E-state index contributed by atoms with van der Waals surface area (Å²) in [6.07, 6.45) is 1.91. The van der Waals surface area contributed by atoms with Crippen LogP contribution in [0.15, 0.2) is 29.2 Å². The predicted molar refractivity (Wildman–Crippen MR) is 99.2 cm³/mol. The van der Waals surface area contributed by atoms with Gasteiger partial charge in [-0.25, -0.2) is 13.4 Å². The number of benzene rings is 1. The average molecular weight is 418 g/mol. The van der Waals surface area contributed by atoms with E-state index in [2.05, 4.69) is 14.7 Å². The van der Waals surface area contributed by atoms with Crippen LogP contribution in [0.4, 0.5) is 5.69 Å². The third-order valence-electron chi connectivity index (χ3n) is 3.90. The minimum atomic E-state index is -3.82. The van der Waals surface area contributed by atoms with Crippen molar-refractivity contribution < 1.29 is 13.2 Å². The van der Waals surface area contributed by atoms with Crippen molar-refractivity contribution in [3.63, 3.8) is 0 Å². The van der Waals surface area contributed by atoms with E-state index in [0.29, 0.717) is 10.0 Å². The number of H-pyrrole nitrogens is 1. The zero-order valence-corrected chi connectivity index (χ0v) is 15.9. The molecule has 0 bridgehead atoms. The molecular formula is C15H13Cl2N3O3S2. The molecule has 0 aliphatic carbocycles. The number of imidazole rings is 1. The SMILES string of the molecule is O=S(=O)(Nc1ccc2nc(C3CCCO3)[nH]c2c1)c1cc(Cl)sc1Cl. The minimum absolute atomic E-state index is 0.0284. The lowest BCUT2D eigenvalue weighted by Gasteiger charge is -2.07. The van der Waals surface area contributed by atoms with E-state index in [1.54, 1.807) is 18.2 Å². The molecule has 0 spiro atoms. The highest BCUT2D eigenvalue weighted by molar-refractivity contribution is 7.93. The van der Waals surface area contributed by atoms with Crippen LogP contribution in [-0.4, -0.2) is 25.0 Å². The average Bonchev–Trinajstić information content (AvgIpc) is 3.25. The van der Waals surface area contributed by atoms with Gasteiger partial charge in [0.15, 0.2) is 0 Å². The number of anilines is 1. The van der Waals surface area contributed by atoms with Gasteiger partial charge in [-0.05, 0) is 37.1 Å². The van der Waals surface area contributed by atoms with Crippen LogP contribution in [0.25, 0.3) is 11.0 Å². The van der Waals surface area contributed by atoms with Crippen LogP contribution in [0.2, 0.25) is 8.67 Å². The Kier molecular flexibility index (Phi) is 4.41. The zero-order chi connectivity index (χ0) is 17.6. The van der Waals surface area contributed by atoms with Crippen molar-refractivity contribution in [2.75, 3.05) is 11.3 Å². The normalized spacial score (nSPS) is 18.1. The van der Waals surface area contributed by atoms with Gasteiger partial charge in [-0.15, -0.1) is 11.3 Å². The lowest BCUT2D eigenvalue weighted by atomic mass is 10.2. The van der Waals surface area contributed by atoms with Crippen molar-refractivity contribution in [2.45, 2.75) is 23.8 Å². The van der Waals surface area contributed by atoms with Gasteiger partial charge in [0.1, 0.15) is 21.2 Å². The highest BCUT2D eigenvalue weighted by atomic mass is 35.5. The fourth-order valence-electron chi connectivity index (χ4n) is 2.76. The van der Waals surface area contributed by atoms with Gasteiger partial charge in [0.25, 0.3) is 10.0 Å². The number of hydrogen-bond donors (Lipinski definition) is 2. The maximum Gasteiger partial charge on any atom is 0.264 e. The largest absolute Gasteiger partial charge is 0.370 e. The van der Waals surface area contributed by atoms with E-state index in [-0.39, 0.29) is 15.3 Å². The molecule has 1 aliphatic rings. The van der Waals surface area contributed by atoms with Gasteiger partial charge in [0, 0.05) is 6.61 Å². The molecule has 0 amide bonds. The molecular weight excluding hydrogens is 405 g/mol. The molecule has 4 rings (SSSR count). The summed E-state index contributed by atoms with van der Waals surface area (Å²) in [7, 11) is -3.82. The number of thiophene rings is 1. The smallest absolute Gasteiger partial charge is 0.264 e. The van der Waals surface area contributed by atoms with Crippen LogP contribution in [0.1, 0.15) is 24.8 Å². The summed E-state index contributed by atoms with van der Waals surface area (Å²) >= 11 is 12.8. The highest BCUT2D eigenvalue weighted by Gasteiger charge is 2.23. The standard InChI is InChI=1S/C15H13Cl2N3O3S2/c16-13-7-12(14(17)24-13)25(21,22)20-8-3-4-9-10(6-8)19-15(18-9)11-2-1-5-23-11/h3-4,6-7,11,20H,1-2,5H2,(H,18,19). The fourth-order valence-corrected chi connectivity index (χ4v) is 5.96. The van der Waals surface area contributed by atoms with E-state index >= 15 is 0 Å². The molecule has 1 atom stereocenters. The Labute approximate surface area is 158 Å². The first kappa shape index (κ1) is 17.1. The summed E-state index contributed by atoms with van der Waals surface area (Å²) in [4.78, 5) is 7.68. The fraction of sp³-hybridized carbons (Fsp3) is 0.267.